The topological polar surface area (TPSA) is 50.2 Å². The summed E-state index contributed by atoms with van der Waals surface area (Å²) < 4.78 is 1.77. The van der Waals surface area contributed by atoms with Gasteiger partial charge in [0.05, 0.1) is 12.2 Å². The van der Waals surface area contributed by atoms with Gasteiger partial charge in [0.2, 0.25) is 5.91 Å². The Balaban J connectivity index is 2.00. The summed E-state index contributed by atoms with van der Waals surface area (Å²) in [5.74, 6) is 0.0000836. The Labute approximate surface area is 131 Å². The van der Waals surface area contributed by atoms with Crippen molar-refractivity contribution in [3.8, 4) is 0 Å². The van der Waals surface area contributed by atoms with Gasteiger partial charge in [0.1, 0.15) is 0 Å². The van der Waals surface area contributed by atoms with Crippen LogP contribution >= 0.6 is 0 Å². The predicted molar refractivity (Wildman–Crippen MR) is 88.7 cm³/mol. The molecule has 0 saturated carbocycles. The average molecular weight is 300 g/mol. The summed E-state index contributed by atoms with van der Waals surface area (Å²) in [6, 6.07) is 5.85. The molecule has 5 heteroatoms. The van der Waals surface area contributed by atoms with Crippen LogP contribution in [0.25, 0.3) is 0 Å². The van der Waals surface area contributed by atoms with Crippen LogP contribution in [0.2, 0.25) is 0 Å². The lowest BCUT2D eigenvalue weighted by molar-refractivity contribution is -0.120. The van der Waals surface area contributed by atoms with Crippen molar-refractivity contribution in [1.29, 1.82) is 0 Å². The molecule has 5 nitrogen and oxygen atoms in total. The molecule has 1 amide bonds. The van der Waals surface area contributed by atoms with Crippen LogP contribution in [0.1, 0.15) is 23.6 Å². The van der Waals surface area contributed by atoms with Crippen LogP contribution in [0.4, 0.5) is 5.69 Å². The van der Waals surface area contributed by atoms with Crippen molar-refractivity contribution in [2.24, 2.45) is 7.05 Å². The second-order valence-corrected chi connectivity index (χ2v) is 5.92. The highest BCUT2D eigenvalue weighted by Gasteiger charge is 2.19. The Hall–Kier alpha value is -2.14. The van der Waals surface area contributed by atoms with Crippen molar-refractivity contribution in [3.05, 3.63) is 47.3 Å². The fraction of sp³-hybridized carbons (Fsp3) is 0.412. The monoisotopic (exact) mass is 300 g/mol. The first-order valence-corrected chi connectivity index (χ1v) is 7.42. The summed E-state index contributed by atoms with van der Waals surface area (Å²) in [4.78, 5) is 14.5. The molecule has 0 saturated heterocycles. The Morgan fingerprint density at radius 2 is 2.14 bits per heavy atom. The van der Waals surface area contributed by atoms with Crippen molar-refractivity contribution in [1.82, 2.24) is 14.7 Å². The molecule has 1 N–H and O–H groups in total. The van der Waals surface area contributed by atoms with Crippen LogP contribution in [0, 0.1) is 13.8 Å². The number of carbonyl (C=O) groups excluding carboxylic acids is 1. The molecule has 1 aromatic heterocycles. The number of hydrogen-bond acceptors (Lipinski definition) is 3. The van der Waals surface area contributed by atoms with E-state index in [1.165, 1.54) is 0 Å². The lowest BCUT2D eigenvalue weighted by Gasteiger charge is -2.23. The number of nitrogens with one attached hydrogen (secondary N) is 1. The minimum atomic E-state index is -0.222. The smallest absolute Gasteiger partial charge is 0.241 e. The van der Waals surface area contributed by atoms with E-state index in [2.05, 4.69) is 10.4 Å². The van der Waals surface area contributed by atoms with Gasteiger partial charge >= 0.3 is 0 Å². The zero-order valence-electron chi connectivity index (χ0n) is 13.9. The molecule has 0 spiro atoms. The van der Waals surface area contributed by atoms with E-state index < -0.39 is 0 Å². The van der Waals surface area contributed by atoms with E-state index in [0.717, 1.165) is 22.4 Å². The summed E-state index contributed by atoms with van der Waals surface area (Å²) >= 11 is 0. The molecule has 0 aliphatic heterocycles. The first-order chi connectivity index (χ1) is 10.4. The van der Waals surface area contributed by atoms with Gasteiger partial charge < -0.3 is 5.32 Å². The third-order valence-corrected chi connectivity index (χ3v) is 3.88. The number of rotatable bonds is 5. The number of nitrogens with zero attached hydrogens (tertiary/aromatic N) is 3. The fourth-order valence-electron chi connectivity index (χ4n) is 2.29. The second kappa shape index (κ2) is 6.75. The molecular formula is C17H24N4O. The molecule has 118 valence electrons. The van der Waals surface area contributed by atoms with Gasteiger partial charge in [-0.3, -0.25) is 14.4 Å². The average Bonchev–Trinajstić information content (AvgIpc) is 2.87. The maximum Gasteiger partial charge on any atom is 0.241 e. The van der Waals surface area contributed by atoms with Crippen molar-refractivity contribution < 1.29 is 4.79 Å². The first-order valence-electron chi connectivity index (χ1n) is 7.42. The molecule has 0 aliphatic carbocycles. The maximum absolute atomic E-state index is 12.4. The Morgan fingerprint density at radius 3 is 2.77 bits per heavy atom. The zero-order chi connectivity index (χ0) is 16.3. The van der Waals surface area contributed by atoms with Gasteiger partial charge in [-0.05, 0) is 45.0 Å². The van der Waals surface area contributed by atoms with E-state index in [9.17, 15) is 4.79 Å². The molecule has 2 rings (SSSR count). The highest BCUT2D eigenvalue weighted by molar-refractivity contribution is 5.95. The van der Waals surface area contributed by atoms with Crippen molar-refractivity contribution in [3.63, 3.8) is 0 Å². The first kappa shape index (κ1) is 16.2. The number of aryl methyl sites for hydroxylation is 3. The molecule has 22 heavy (non-hydrogen) atoms. The highest BCUT2D eigenvalue weighted by atomic mass is 16.2. The van der Waals surface area contributed by atoms with Crippen molar-refractivity contribution >= 4 is 11.6 Å². The highest BCUT2D eigenvalue weighted by Crippen LogP contribution is 2.17. The fourth-order valence-corrected chi connectivity index (χ4v) is 2.29. The maximum atomic E-state index is 12.4. The van der Waals surface area contributed by atoms with Gasteiger partial charge in [-0.25, -0.2) is 0 Å². The quantitative estimate of drug-likeness (QED) is 0.923. The van der Waals surface area contributed by atoms with E-state index >= 15 is 0 Å². The van der Waals surface area contributed by atoms with Gasteiger partial charge in [0, 0.05) is 31.0 Å². The molecule has 0 radical (unpaired) electrons. The molecule has 0 unspecified atom stereocenters. The number of anilines is 1. The van der Waals surface area contributed by atoms with Crippen LogP contribution in [-0.4, -0.2) is 33.7 Å². The third kappa shape index (κ3) is 3.95. The molecule has 0 fully saturated rings. The van der Waals surface area contributed by atoms with E-state index in [1.807, 2.05) is 70.4 Å². The zero-order valence-corrected chi connectivity index (χ0v) is 13.9. The minimum Gasteiger partial charge on any atom is -0.324 e. The van der Waals surface area contributed by atoms with Crippen LogP contribution in [0.5, 0.6) is 0 Å². The molecule has 0 aliphatic rings. The van der Waals surface area contributed by atoms with E-state index in [4.69, 9.17) is 0 Å². The summed E-state index contributed by atoms with van der Waals surface area (Å²) in [6.45, 7) is 6.62. The molecule has 1 heterocycles. The second-order valence-electron chi connectivity index (χ2n) is 5.92. The molecule has 0 bridgehead atoms. The lowest BCUT2D eigenvalue weighted by atomic mass is 10.1. The minimum absolute atomic E-state index is 0.0000836. The summed E-state index contributed by atoms with van der Waals surface area (Å²) in [5.41, 5.74) is 4.18. The normalized spacial score (nSPS) is 12.5. The molecular weight excluding hydrogens is 276 g/mol. The van der Waals surface area contributed by atoms with Crippen molar-refractivity contribution in [2.75, 3.05) is 12.4 Å². The number of benzene rings is 1. The largest absolute Gasteiger partial charge is 0.324 e. The van der Waals surface area contributed by atoms with Crippen LogP contribution in [0.3, 0.4) is 0 Å². The van der Waals surface area contributed by atoms with Gasteiger partial charge in [-0.1, -0.05) is 12.1 Å². The number of hydrogen-bond donors (Lipinski definition) is 1. The van der Waals surface area contributed by atoms with Gasteiger partial charge in [-0.15, -0.1) is 0 Å². The number of amides is 1. The van der Waals surface area contributed by atoms with Crippen molar-refractivity contribution in [2.45, 2.75) is 33.4 Å². The molecule has 1 aromatic carbocycles. The SMILES string of the molecule is Cc1ccc(C)c(NC(=O)[C@@H](C)N(C)Cc2cnn(C)c2)c1. The lowest BCUT2D eigenvalue weighted by Crippen LogP contribution is -2.39. The summed E-state index contributed by atoms with van der Waals surface area (Å²) in [5, 5.41) is 7.17. The van der Waals surface area contributed by atoms with E-state index in [0.29, 0.717) is 6.54 Å². The van der Waals surface area contributed by atoms with Crippen LogP contribution in [-0.2, 0) is 18.4 Å². The predicted octanol–water partition coefficient (Wildman–Crippen LogP) is 2.50. The molecule has 1 atom stereocenters. The number of aromatic nitrogens is 2. The third-order valence-electron chi connectivity index (χ3n) is 3.88. The van der Waals surface area contributed by atoms with Crippen LogP contribution in [0.15, 0.2) is 30.6 Å². The Bertz CT molecular complexity index is 662. The Kier molecular flexibility index (Phi) is 4.98. The van der Waals surface area contributed by atoms with Gasteiger partial charge in [-0.2, -0.15) is 5.10 Å². The molecule has 2 aromatic rings. The standard InChI is InChI=1S/C17H24N4O/c1-12-6-7-13(2)16(8-12)19-17(22)14(3)20(4)10-15-9-18-21(5)11-15/h6-9,11,14H,10H2,1-5H3,(H,19,22)/t14-/m1/s1. The van der Waals surface area contributed by atoms with Gasteiger partial charge in [0.25, 0.3) is 0 Å². The Morgan fingerprint density at radius 1 is 1.41 bits per heavy atom. The van der Waals surface area contributed by atoms with Crippen LogP contribution < -0.4 is 5.32 Å². The summed E-state index contributed by atoms with van der Waals surface area (Å²) in [7, 11) is 3.83. The van der Waals surface area contributed by atoms with E-state index in [1.54, 1.807) is 4.68 Å². The van der Waals surface area contributed by atoms with E-state index in [-0.39, 0.29) is 11.9 Å². The number of carbonyl (C=O) groups is 1. The number of likely N-dealkylation sites (N-methyl/N-ethyl adjacent to an activating group) is 1. The summed E-state index contributed by atoms with van der Waals surface area (Å²) in [6.07, 6.45) is 3.79. The van der Waals surface area contributed by atoms with Gasteiger partial charge in [0.15, 0.2) is 0 Å².